The van der Waals surface area contributed by atoms with Crippen molar-refractivity contribution in [1.82, 2.24) is 14.5 Å². The Morgan fingerprint density at radius 2 is 1.65 bits per heavy atom. The molecule has 3 N–H and O–H groups in total. The predicted molar refractivity (Wildman–Crippen MR) is 144 cm³/mol. The zero-order valence-corrected chi connectivity index (χ0v) is 22.3. The van der Waals surface area contributed by atoms with E-state index < -0.39 is 15.9 Å². The summed E-state index contributed by atoms with van der Waals surface area (Å²) in [5.41, 5.74) is 12.5. The second kappa shape index (κ2) is 10.1. The first-order valence-corrected chi connectivity index (χ1v) is 13.2. The maximum atomic E-state index is 13.4. The molecule has 192 valence electrons. The number of sulfonamides is 1. The van der Waals surface area contributed by atoms with Gasteiger partial charge in [-0.05, 0) is 80.3 Å². The number of amides is 1. The van der Waals surface area contributed by atoms with Gasteiger partial charge in [0, 0.05) is 11.3 Å². The molecule has 0 aliphatic heterocycles. The summed E-state index contributed by atoms with van der Waals surface area (Å²) in [6.45, 7) is 8.25. The second-order valence-electron chi connectivity index (χ2n) is 9.11. The number of aryl methyl sites for hydroxylation is 4. The van der Waals surface area contributed by atoms with Crippen LogP contribution >= 0.6 is 0 Å². The van der Waals surface area contributed by atoms with Crippen LogP contribution in [0.3, 0.4) is 0 Å². The molecular weight excluding hydrogens is 488 g/mol. The minimum Gasteiger partial charge on any atom is -0.496 e. The van der Waals surface area contributed by atoms with E-state index in [9.17, 15) is 13.2 Å². The average molecular weight is 519 g/mol. The molecule has 4 rings (SSSR count). The molecule has 0 atom stereocenters. The number of benzene rings is 3. The number of carbonyl (C=O) groups excluding carboxylic acids is 1. The molecule has 0 radical (unpaired) electrons. The van der Waals surface area contributed by atoms with Gasteiger partial charge >= 0.3 is 0 Å². The van der Waals surface area contributed by atoms with Gasteiger partial charge in [0.25, 0.3) is 15.9 Å². The zero-order chi connectivity index (χ0) is 26.9. The monoisotopic (exact) mass is 518 g/mol. The first kappa shape index (κ1) is 26.0. The van der Waals surface area contributed by atoms with Gasteiger partial charge in [0.05, 0.1) is 24.2 Å². The summed E-state index contributed by atoms with van der Waals surface area (Å²) in [6.07, 6.45) is 0. The van der Waals surface area contributed by atoms with Crippen LogP contribution in [0.15, 0.2) is 65.6 Å². The van der Waals surface area contributed by atoms with Crippen molar-refractivity contribution in [3.63, 3.8) is 0 Å². The fourth-order valence-corrected chi connectivity index (χ4v) is 5.52. The molecule has 1 amide bonds. The van der Waals surface area contributed by atoms with E-state index in [0.717, 1.165) is 27.8 Å². The van der Waals surface area contributed by atoms with E-state index in [1.54, 1.807) is 19.2 Å². The van der Waals surface area contributed by atoms with Crippen molar-refractivity contribution in [3.8, 4) is 17.0 Å². The Bertz CT molecular complexity index is 1580. The van der Waals surface area contributed by atoms with Crippen LogP contribution in [-0.4, -0.2) is 31.2 Å². The molecule has 9 heteroatoms. The van der Waals surface area contributed by atoms with Crippen molar-refractivity contribution in [2.24, 2.45) is 0 Å². The molecule has 4 aromatic rings. The van der Waals surface area contributed by atoms with Crippen molar-refractivity contribution in [2.45, 2.75) is 39.1 Å². The van der Waals surface area contributed by atoms with Gasteiger partial charge in [0.1, 0.15) is 11.4 Å². The molecule has 0 aliphatic carbocycles. The molecule has 0 spiro atoms. The van der Waals surface area contributed by atoms with Gasteiger partial charge < -0.3 is 10.5 Å². The SMILES string of the molecule is COc1c(C)cccc1-c1cc(C(=O)NS(=O)(=O)c2cccc(N)c2)n(Cc2c(C)cc(C)cc2C)n1. The molecule has 3 aromatic carbocycles. The Labute approximate surface area is 217 Å². The lowest BCUT2D eigenvalue weighted by atomic mass is 10.00. The molecule has 1 aromatic heterocycles. The van der Waals surface area contributed by atoms with Gasteiger partial charge in [-0.15, -0.1) is 0 Å². The summed E-state index contributed by atoms with van der Waals surface area (Å²) in [5.74, 6) is -0.163. The summed E-state index contributed by atoms with van der Waals surface area (Å²) >= 11 is 0. The number of hydrogen-bond donors (Lipinski definition) is 2. The molecule has 8 nitrogen and oxygen atoms in total. The highest BCUT2D eigenvalue weighted by Crippen LogP contribution is 2.33. The molecule has 0 saturated carbocycles. The Balaban J connectivity index is 1.81. The van der Waals surface area contributed by atoms with E-state index in [-0.39, 0.29) is 22.8 Å². The second-order valence-corrected chi connectivity index (χ2v) is 10.8. The summed E-state index contributed by atoms with van der Waals surface area (Å²) in [6, 6.07) is 17.1. The number of nitrogens with two attached hydrogens (primary N) is 1. The van der Waals surface area contributed by atoms with E-state index in [1.807, 2.05) is 45.9 Å². The van der Waals surface area contributed by atoms with E-state index >= 15 is 0 Å². The number of para-hydroxylation sites is 1. The zero-order valence-electron chi connectivity index (χ0n) is 21.5. The summed E-state index contributed by atoms with van der Waals surface area (Å²) in [7, 11) is -2.58. The van der Waals surface area contributed by atoms with E-state index in [1.165, 1.54) is 22.9 Å². The smallest absolute Gasteiger partial charge is 0.283 e. The molecule has 0 unspecified atom stereocenters. The predicted octanol–water partition coefficient (Wildman–Crippen LogP) is 4.54. The number of carbonyl (C=O) groups is 1. The van der Waals surface area contributed by atoms with Crippen LogP contribution in [0.25, 0.3) is 11.3 Å². The van der Waals surface area contributed by atoms with Gasteiger partial charge in [0.15, 0.2) is 0 Å². The highest BCUT2D eigenvalue weighted by Gasteiger charge is 2.25. The fourth-order valence-electron chi connectivity index (χ4n) is 4.50. The van der Waals surface area contributed by atoms with Crippen LogP contribution in [0.5, 0.6) is 5.75 Å². The molecular formula is C28H30N4O4S. The number of aromatic nitrogens is 2. The molecule has 0 saturated heterocycles. The maximum Gasteiger partial charge on any atom is 0.283 e. The minimum absolute atomic E-state index is 0.0993. The topological polar surface area (TPSA) is 116 Å². The van der Waals surface area contributed by atoms with Crippen molar-refractivity contribution < 1.29 is 17.9 Å². The number of nitrogens with zero attached hydrogens (tertiary/aromatic N) is 2. The lowest BCUT2D eigenvalue weighted by Crippen LogP contribution is -2.32. The van der Waals surface area contributed by atoms with Crippen molar-refractivity contribution in [3.05, 3.63) is 94.2 Å². The standard InChI is InChI=1S/C28H30N4O4S/c1-17-12-19(3)24(20(4)13-17)16-32-26(15-25(30-32)23-11-6-8-18(2)27(23)36-5)28(33)31-37(34,35)22-10-7-9-21(29)14-22/h6-15H,16,29H2,1-5H3,(H,31,33). The first-order chi connectivity index (χ1) is 17.5. The Morgan fingerprint density at radius 3 is 2.30 bits per heavy atom. The number of rotatable bonds is 7. The molecule has 0 aliphatic rings. The van der Waals surface area contributed by atoms with Crippen LogP contribution < -0.4 is 15.2 Å². The number of methoxy groups -OCH3 is 1. The number of hydrogen-bond acceptors (Lipinski definition) is 6. The van der Waals surface area contributed by atoms with Crippen molar-refractivity contribution in [1.29, 1.82) is 0 Å². The normalized spacial score (nSPS) is 11.4. The number of nitrogens with one attached hydrogen (secondary N) is 1. The molecule has 0 bridgehead atoms. The van der Waals surface area contributed by atoms with Gasteiger partial charge in [-0.1, -0.05) is 35.9 Å². The van der Waals surface area contributed by atoms with Crippen LogP contribution in [0.2, 0.25) is 0 Å². The molecule has 1 heterocycles. The Kier molecular flexibility index (Phi) is 7.09. The van der Waals surface area contributed by atoms with Gasteiger partial charge in [-0.25, -0.2) is 13.1 Å². The first-order valence-electron chi connectivity index (χ1n) is 11.7. The van der Waals surface area contributed by atoms with Crippen LogP contribution in [0, 0.1) is 27.7 Å². The third kappa shape index (κ3) is 5.36. The quantitative estimate of drug-likeness (QED) is 0.347. The highest BCUT2D eigenvalue weighted by molar-refractivity contribution is 7.90. The molecule has 37 heavy (non-hydrogen) atoms. The summed E-state index contributed by atoms with van der Waals surface area (Å²) in [5, 5.41) is 4.73. The minimum atomic E-state index is -4.16. The Morgan fingerprint density at radius 1 is 0.973 bits per heavy atom. The van der Waals surface area contributed by atoms with Crippen LogP contribution in [0.1, 0.15) is 38.3 Å². The van der Waals surface area contributed by atoms with E-state index in [0.29, 0.717) is 17.0 Å². The van der Waals surface area contributed by atoms with Crippen LogP contribution in [-0.2, 0) is 16.6 Å². The van der Waals surface area contributed by atoms with Crippen molar-refractivity contribution >= 4 is 21.6 Å². The number of nitrogen functional groups attached to an aromatic ring is 1. The molecule has 0 fully saturated rings. The lowest BCUT2D eigenvalue weighted by Gasteiger charge is -2.14. The lowest BCUT2D eigenvalue weighted by molar-refractivity contribution is 0.0971. The fraction of sp³-hybridized carbons (Fsp3) is 0.214. The van der Waals surface area contributed by atoms with E-state index in [4.69, 9.17) is 15.6 Å². The number of ether oxygens (including phenoxy) is 1. The van der Waals surface area contributed by atoms with Gasteiger partial charge in [0.2, 0.25) is 0 Å². The van der Waals surface area contributed by atoms with E-state index in [2.05, 4.69) is 16.9 Å². The Hall–Kier alpha value is -4.11. The average Bonchev–Trinajstić information content (AvgIpc) is 3.25. The van der Waals surface area contributed by atoms with Gasteiger partial charge in [-0.2, -0.15) is 5.10 Å². The highest BCUT2D eigenvalue weighted by atomic mass is 32.2. The largest absolute Gasteiger partial charge is 0.496 e. The van der Waals surface area contributed by atoms with Gasteiger partial charge in [-0.3, -0.25) is 9.48 Å². The third-order valence-electron chi connectivity index (χ3n) is 6.25. The van der Waals surface area contributed by atoms with Crippen LogP contribution in [0.4, 0.5) is 5.69 Å². The maximum absolute atomic E-state index is 13.4. The number of anilines is 1. The third-order valence-corrected chi connectivity index (χ3v) is 7.58. The van der Waals surface area contributed by atoms with Crippen molar-refractivity contribution in [2.75, 3.05) is 12.8 Å². The summed E-state index contributed by atoms with van der Waals surface area (Å²) in [4.78, 5) is 13.3. The summed E-state index contributed by atoms with van der Waals surface area (Å²) < 4.78 is 35.2.